The van der Waals surface area contributed by atoms with Crippen molar-refractivity contribution in [1.29, 1.82) is 0 Å². The molecule has 0 N–H and O–H groups in total. The van der Waals surface area contributed by atoms with Crippen molar-refractivity contribution in [2.75, 3.05) is 33.3 Å². The lowest BCUT2D eigenvalue weighted by molar-refractivity contribution is 0.00787. The lowest BCUT2D eigenvalue weighted by atomic mass is 9.80. The highest BCUT2D eigenvalue weighted by molar-refractivity contribution is 5.68. The molecule has 3 rings (SSSR count). The molecule has 0 atom stereocenters. The molecule has 1 aromatic rings. The van der Waals surface area contributed by atoms with Crippen molar-refractivity contribution in [3.63, 3.8) is 0 Å². The fourth-order valence-corrected chi connectivity index (χ4v) is 4.50. The molecule has 1 saturated carbocycles. The van der Waals surface area contributed by atoms with Gasteiger partial charge in [-0.25, -0.2) is 4.79 Å². The highest BCUT2D eigenvalue weighted by Crippen LogP contribution is 2.39. The summed E-state index contributed by atoms with van der Waals surface area (Å²) < 4.78 is 11.1. The minimum atomic E-state index is -0.427. The van der Waals surface area contributed by atoms with Crippen LogP contribution in [0.1, 0.15) is 63.5 Å². The minimum absolute atomic E-state index is 0.178. The maximum Gasteiger partial charge on any atom is 0.410 e. The van der Waals surface area contributed by atoms with Gasteiger partial charge in [-0.1, -0.05) is 12.1 Å². The van der Waals surface area contributed by atoms with Crippen LogP contribution in [0.2, 0.25) is 0 Å². The molecule has 5 nitrogen and oxygen atoms in total. The van der Waals surface area contributed by atoms with Gasteiger partial charge in [0.25, 0.3) is 0 Å². The molecule has 1 saturated heterocycles. The summed E-state index contributed by atoms with van der Waals surface area (Å²) in [7, 11) is 1.77. The molecule has 5 heteroatoms. The van der Waals surface area contributed by atoms with Gasteiger partial charge in [-0.3, -0.25) is 4.90 Å². The molecule has 0 spiro atoms. The van der Waals surface area contributed by atoms with Crippen LogP contribution in [0.25, 0.3) is 0 Å². The van der Waals surface area contributed by atoms with E-state index in [1.807, 2.05) is 25.7 Å². The van der Waals surface area contributed by atoms with Crippen molar-refractivity contribution in [2.45, 2.75) is 70.9 Å². The predicted molar refractivity (Wildman–Crippen MR) is 112 cm³/mol. The zero-order chi connectivity index (χ0) is 20.3. The van der Waals surface area contributed by atoms with Gasteiger partial charge >= 0.3 is 6.09 Å². The van der Waals surface area contributed by atoms with Gasteiger partial charge < -0.3 is 14.4 Å². The van der Waals surface area contributed by atoms with E-state index in [0.717, 1.165) is 31.9 Å². The molecule has 28 heavy (non-hydrogen) atoms. The Morgan fingerprint density at radius 1 is 1.04 bits per heavy atom. The Labute approximate surface area is 170 Å². The van der Waals surface area contributed by atoms with Crippen LogP contribution in [0.4, 0.5) is 4.79 Å². The van der Waals surface area contributed by atoms with Crippen molar-refractivity contribution >= 4 is 6.09 Å². The number of hydrogen-bond acceptors (Lipinski definition) is 4. The van der Waals surface area contributed by atoms with Gasteiger partial charge in [-0.05, 0) is 76.5 Å². The molecule has 0 aromatic heterocycles. The summed E-state index contributed by atoms with van der Waals surface area (Å²) in [6.45, 7) is 11.3. The second-order valence-electron chi connectivity index (χ2n) is 9.25. The summed E-state index contributed by atoms with van der Waals surface area (Å²) >= 11 is 0. The van der Waals surface area contributed by atoms with E-state index in [0.29, 0.717) is 12.0 Å². The number of benzene rings is 1. The lowest BCUT2D eigenvalue weighted by Gasteiger charge is -2.42. The molecule has 0 bridgehead atoms. The molecule has 1 aliphatic carbocycles. The number of rotatable bonds is 3. The second-order valence-corrected chi connectivity index (χ2v) is 9.25. The van der Waals surface area contributed by atoms with E-state index >= 15 is 0 Å². The second kappa shape index (κ2) is 8.73. The standard InChI is InChI=1S/C23H36N2O3/c1-17-6-11-20(21(16-17)27-5)18-7-9-19(10-8-18)24-12-14-25(15-13-24)22(26)28-23(2,3)4/h6,11,16,18-19H,7-10,12-15H2,1-5H3. The highest BCUT2D eigenvalue weighted by atomic mass is 16.6. The molecule has 1 aliphatic heterocycles. The van der Waals surface area contributed by atoms with Gasteiger partial charge in [0.15, 0.2) is 0 Å². The molecule has 0 radical (unpaired) electrons. The van der Waals surface area contributed by atoms with Gasteiger partial charge in [-0.15, -0.1) is 0 Å². The number of methoxy groups -OCH3 is 1. The zero-order valence-corrected chi connectivity index (χ0v) is 18.2. The Morgan fingerprint density at radius 2 is 1.68 bits per heavy atom. The predicted octanol–water partition coefficient (Wildman–Crippen LogP) is 4.58. The summed E-state index contributed by atoms with van der Waals surface area (Å²) in [6, 6.07) is 7.23. The number of carbonyl (C=O) groups excluding carboxylic acids is 1. The largest absolute Gasteiger partial charge is 0.496 e. The van der Waals surface area contributed by atoms with E-state index in [9.17, 15) is 4.79 Å². The number of aryl methyl sites for hydroxylation is 1. The first kappa shape index (κ1) is 21.0. The Balaban J connectivity index is 1.49. The summed E-state index contributed by atoms with van der Waals surface area (Å²) in [4.78, 5) is 16.7. The number of nitrogens with zero attached hydrogens (tertiary/aromatic N) is 2. The van der Waals surface area contributed by atoms with Gasteiger partial charge in [-0.2, -0.15) is 0 Å². The third-order valence-electron chi connectivity index (χ3n) is 6.01. The van der Waals surface area contributed by atoms with E-state index in [4.69, 9.17) is 9.47 Å². The summed E-state index contributed by atoms with van der Waals surface area (Å²) in [5.74, 6) is 1.63. The fourth-order valence-electron chi connectivity index (χ4n) is 4.50. The van der Waals surface area contributed by atoms with E-state index in [1.165, 1.54) is 36.8 Å². The topological polar surface area (TPSA) is 42.0 Å². The Kier molecular flexibility index (Phi) is 6.54. The first-order chi connectivity index (χ1) is 13.3. The molecular formula is C23H36N2O3. The van der Waals surface area contributed by atoms with Crippen LogP contribution in [0.3, 0.4) is 0 Å². The van der Waals surface area contributed by atoms with Gasteiger partial charge in [0.2, 0.25) is 0 Å². The van der Waals surface area contributed by atoms with Crippen molar-refractivity contribution < 1.29 is 14.3 Å². The quantitative estimate of drug-likeness (QED) is 0.760. The highest BCUT2D eigenvalue weighted by Gasteiger charge is 2.32. The van der Waals surface area contributed by atoms with E-state index in [-0.39, 0.29) is 6.09 Å². The van der Waals surface area contributed by atoms with Gasteiger partial charge in [0.1, 0.15) is 11.4 Å². The molecule has 1 heterocycles. The van der Waals surface area contributed by atoms with Crippen LogP contribution in [-0.2, 0) is 4.74 Å². The number of carbonyl (C=O) groups is 1. The number of hydrogen-bond donors (Lipinski definition) is 0. The minimum Gasteiger partial charge on any atom is -0.496 e. The maximum atomic E-state index is 12.3. The van der Waals surface area contributed by atoms with Crippen LogP contribution in [0.5, 0.6) is 5.75 Å². The van der Waals surface area contributed by atoms with E-state index < -0.39 is 5.60 Å². The van der Waals surface area contributed by atoms with Crippen molar-refractivity contribution in [3.05, 3.63) is 29.3 Å². The zero-order valence-electron chi connectivity index (χ0n) is 18.2. The van der Waals surface area contributed by atoms with Crippen molar-refractivity contribution in [1.82, 2.24) is 9.80 Å². The van der Waals surface area contributed by atoms with Crippen molar-refractivity contribution in [2.24, 2.45) is 0 Å². The fraction of sp³-hybridized carbons (Fsp3) is 0.696. The Morgan fingerprint density at radius 3 is 2.25 bits per heavy atom. The van der Waals surface area contributed by atoms with Crippen LogP contribution < -0.4 is 4.74 Å². The molecule has 1 aromatic carbocycles. The molecule has 2 fully saturated rings. The molecular weight excluding hydrogens is 352 g/mol. The third-order valence-corrected chi connectivity index (χ3v) is 6.01. The summed E-state index contributed by atoms with van der Waals surface area (Å²) in [5.41, 5.74) is 2.18. The van der Waals surface area contributed by atoms with Crippen molar-refractivity contribution in [3.8, 4) is 5.75 Å². The third kappa shape index (κ3) is 5.19. The molecule has 156 valence electrons. The average Bonchev–Trinajstić information content (AvgIpc) is 2.67. The Hall–Kier alpha value is -1.75. The van der Waals surface area contributed by atoms with E-state index in [2.05, 4.69) is 30.0 Å². The lowest BCUT2D eigenvalue weighted by Crippen LogP contribution is -2.53. The van der Waals surface area contributed by atoms with Crippen LogP contribution in [0, 0.1) is 6.92 Å². The van der Waals surface area contributed by atoms with Gasteiger partial charge in [0.05, 0.1) is 7.11 Å². The monoisotopic (exact) mass is 388 g/mol. The smallest absolute Gasteiger partial charge is 0.410 e. The first-order valence-corrected chi connectivity index (χ1v) is 10.6. The van der Waals surface area contributed by atoms with E-state index in [1.54, 1.807) is 7.11 Å². The number of amides is 1. The first-order valence-electron chi connectivity index (χ1n) is 10.6. The summed E-state index contributed by atoms with van der Waals surface area (Å²) in [5, 5.41) is 0. The normalized spacial score (nSPS) is 24.1. The molecule has 0 unspecified atom stereocenters. The van der Waals surface area contributed by atoms with Crippen LogP contribution in [0.15, 0.2) is 18.2 Å². The van der Waals surface area contributed by atoms with Crippen LogP contribution >= 0.6 is 0 Å². The molecule has 1 amide bonds. The number of piperazine rings is 1. The van der Waals surface area contributed by atoms with Crippen LogP contribution in [-0.4, -0.2) is 60.8 Å². The molecule has 2 aliphatic rings. The number of ether oxygens (including phenoxy) is 2. The maximum absolute atomic E-state index is 12.3. The summed E-state index contributed by atoms with van der Waals surface area (Å²) in [6.07, 6.45) is 4.66. The SMILES string of the molecule is COc1cc(C)ccc1C1CCC(N2CCN(C(=O)OC(C)(C)C)CC2)CC1. The Bertz CT molecular complexity index is 667. The average molecular weight is 389 g/mol. The van der Waals surface area contributed by atoms with Gasteiger partial charge in [0, 0.05) is 32.2 Å².